The number of morpholine rings is 1. The van der Waals surface area contributed by atoms with E-state index in [9.17, 15) is 18.8 Å². The van der Waals surface area contributed by atoms with Crippen LogP contribution in [0.4, 0.5) is 13.6 Å². The van der Waals surface area contributed by atoms with Gasteiger partial charge in [-0.1, -0.05) is 30.3 Å². The van der Waals surface area contributed by atoms with E-state index in [4.69, 9.17) is 14.2 Å². The molecule has 2 unspecified atom stereocenters. The van der Waals surface area contributed by atoms with Crippen LogP contribution in [-0.2, 0) is 14.2 Å². The number of rotatable bonds is 4. The summed E-state index contributed by atoms with van der Waals surface area (Å²) in [6.07, 6.45) is -0.275. The van der Waals surface area contributed by atoms with Crippen molar-refractivity contribution in [2.75, 3.05) is 38.7 Å². The number of carbonyl (C=O) groups is 2. The Morgan fingerprint density at radius 3 is 2.74 bits per heavy atom. The fraction of sp³-hybridized carbons (Fsp3) is 0.233. The summed E-state index contributed by atoms with van der Waals surface area (Å²) >= 11 is 1.31. The van der Waals surface area contributed by atoms with Gasteiger partial charge in [0.15, 0.2) is 17.3 Å². The topological polar surface area (TPSA) is 99.5 Å². The molecule has 7 rings (SSSR count). The molecule has 4 heterocycles. The van der Waals surface area contributed by atoms with Crippen molar-refractivity contribution in [2.24, 2.45) is 0 Å². The number of pyridine rings is 1. The largest absolute Gasteiger partial charge is 0.510 e. The lowest BCUT2D eigenvalue weighted by Gasteiger charge is -2.51. The maximum Gasteiger partial charge on any atom is 0.510 e. The summed E-state index contributed by atoms with van der Waals surface area (Å²) in [4.78, 5) is 40.7. The van der Waals surface area contributed by atoms with Crippen LogP contribution in [-0.4, -0.2) is 61.5 Å². The molecule has 2 aromatic carbocycles. The van der Waals surface area contributed by atoms with Gasteiger partial charge >= 0.3 is 6.16 Å². The van der Waals surface area contributed by atoms with Crippen LogP contribution in [0, 0.1) is 11.6 Å². The first-order valence-electron chi connectivity index (χ1n) is 13.3. The van der Waals surface area contributed by atoms with Crippen LogP contribution in [0.15, 0.2) is 64.9 Å². The standard InChI is InChI=1S/C30H23F2N3O7S/c1-39-30(38)42-15-41-27-21(36)8-10-34-26(27)29(37)33-11-12-40-14-22(33)35(34)25-17-5-3-2-4-16(17)18-9-13-43-28(18)23-19(25)6-7-20(31)24(23)32/h2-10,13,22,25H,11-12,14-15H2,1H3. The molecule has 1 fully saturated rings. The number of halogens is 2. The van der Waals surface area contributed by atoms with Gasteiger partial charge in [0.1, 0.15) is 6.17 Å². The van der Waals surface area contributed by atoms with Gasteiger partial charge in [-0.2, -0.15) is 0 Å². The first kappa shape index (κ1) is 27.1. The number of ether oxygens (including phenoxy) is 4. The maximum absolute atomic E-state index is 15.8. The second kappa shape index (κ2) is 10.5. The molecule has 0 N–H and O–H groups in total. The van der Waals surface area contributed by atoms with Gasteiger partial charge in [0.05, 0.1) is 26.4 Å². The van der Waals surface area contributed by atoms with Crippen molar-refractivity contribution < 1.29 is 37.3 Å². The van der Waals surface area contributed by atoms with E-state index in [1.807, 2.05) is 40.7 Å². The van der Waals surface area contributed by atoms with E-state index in [2.05, 4.69) is 4.74 Å². The SMILES string of the molecule is COC(=O)OCOc1c2n(ccc1=O)N(C1c3ccccc3-c3ccsc3-c3c1ccc(F)c3F)C1COCCN1C2=O. The van der Waals surface area contributed by atoms with Crippen molar-refractivity contribution in [3.05, 3.63) is 98.8 Å². The highest BCUT2D eigenvalue weighted by Gasteiger charge is 2.47. The van der Waals surface area contributed by atoms with E-state index >= 15 is 4.39 Å². The Hall–Kier alpha value is -4.75. The molecular formula is C30H23F2N3O7S. The van der Waals surface area contributed by atoms with Crippen LogP contribution < -0.4 is 15.2 Å². The molecule has 3 aliphatic rings. The van der Waals surface area contributed by atoms with E-state index in [-0.39, 0.29) is 36.8 Å². The van der Waals surface area contributed by atoms with Crippen LogP contribution in [0.1, 0.15) is 27.7 Å². The van der Waals surface area contributed by atoms with E-state index in [1.54, 1.807) is 11.0 Å². The molecule has 0 radical (unpaired) electrons. The number of hydrogen-bond donors (Lipinski definition) is 0. The minimum atomic E-state index is -1.03. The van der Waals surface area contributed by atoms with Gasteiger partial charge in [0.25, 0.3) is 5.91 Å². The molecule has 1 aliphatic carbocycles. The molecule has 0 spiro atoms. The van der Waals surface area contributed by atoms with Gasteiger partial charge in [-0.3, -0.25) is 19.3 Å². The predicted molar refractivity (Wildman–Crippen MR) is 150 cm³/mol. The van der Waals surface area contributed by atoms with Crippen LogP contribution in [0.5, 0.6) is 5.75 Å². The Bertz CT molecular complexity index is 1840. The van der Waals surface area contributed by atoms with E-state index in [0.717, 1.165) is 29.9 Å². The van der Waals surface area contributed by atoms with E-state index in [1.165, 1.54) is 28.3 Å². The predicted octanol–water partition coefficient (Wildman–Crippen LogP) is 4.49. The third kappa shape index (κ3) is 4.18. The molecule has 13 heteroatoms. The Balaban J connectivity index is 1.49. The average Bonchev–Trinajstić information content (AvgIpc) is 3.47. The van der Waals surface area contributed by atoms with Gasteiger partial charge in [0.2, 0.25) is 18.0 Å². The summed E-state index contributed by atoms with van der Waals surface area (Å²) in [5.74, 6) is -2.79. The van der Waals surface area contributed by atoms with Gasteiger partial charge < -0.3 is 23.8 Å². The quantitative estimate of drug-likeness (QED) is 0.247. The van der Waals surface area contributed by atoms with E-state index < -0.39 is 48.1 Å². The lowest BCUT2D eigenvalue weighted by Crippen LogP contribution is -2.66. The highest BCUT2D eigenvalue weighted by atomic mass is 32.1. The monoisotopic (exact) mass is 607 g/mol. The zero-order valence-corrected chi connectivity index (χ0v) is 23.4. The molecule has 0 saturated carbocycles. The normalized spacial score (nSPS) is 18.4. The number of nitrogens with zero attached hydrogens (tertiary/aromatic N) is 3. The fourth-order valence-corrected chi connectivity index (χ4v) is 7.00. The number of amides is 1. The number of fused-ring (bicyclic) bond motifs is 7. The third-order valence-electron chi connectivity index (χ3n) is 7.83. The van der Waals surface area contributed by atoms with Gasteiger partial charge in [-0.15, -0.1) is 11.3 Å². The molecule has 0 bridgehead atoms. The summed E-state index contributed by atoms with van der Waals surface area (Å²) in [5.41, 5.74) is 2.20. The Kier molecular flexibility index (Phi) is 6.62. The fourth-order valence-electron chi connectivity index (χ4n) is 6.03. The molecule has 4 aromatic rings. The molecule has 10 nitrogen and oxygen atoms in total. The Morgan fingerprint density at radius 2 is 1.91 bits per heavy atom. The molecule has 1 saturated heterocycles. The number of thiophene rings is 1. The van der Waals surface area contributed by atoms with Crippen molar-refractivity contribution in [3.8, 4) is 27.3 Å². The summed E-state index contributed by atoms with van der Waals surface area (Å²) in [6, 6.07) is 12.5. The summed E-state index contributed by atoms with van der Waals surface area (Å²) < 4.78 is 52.8. The highest BCUT2D eigenvalue weighted by Crippen LogP contribution is 2.51. The zero-order valence-electron chi connectivity index (χ0n) is 22.6. The zero-order chi connectivity index (χ0) is 29.8. The highest BCUT2D eigenvalue weighted by molar-refractivity contribution is 7.14. The van der Waals surface area contributed by atoms with Crippen LogP contribution in [0.3, 0.4) is 0 Å². The molecule has 2 aromatic heterocycles. The minimum absolute atomic E-state index is 0.110. The molecule has 2 aliphatic heterocycles. The molecule has 43 heavy (non-hydrogen) atoms. The van der Waals surface area contributed by atoms with Crippen LogP contribution >= 0.6 is 11.3 Å². The van der Waals surface area contributed by atoms with E-state index in [0.29, 0.717) is 10.4 Å². The smallest absolute Gasteiger partial charge is 0.451 e. The van der Waals surface area contributed by atoms with Crippen molar-refractivity contribution >= 4 is 23.4 Å². The Labute approximate surface area is 247 Å². The van der Waals surface area contributed by atoms with Crippen LogP contribution in [0.2, 0.25) is 0 Å². The van der Waals surface area contributed by atoms with Crippen molar-refractivity contribution in [3.63, 3.8) is 0 Å². The lowest BCUT2D eigenvalue weighted by atomic mass is 9.92. The third-order valence-corrected chi connectivity index (χ3v) is 8.76. The molecular weight excluding hydrogens is 584 g/mol. The lowest BCUT2D eigenvalue weighted by molar-refractivity contribution is -0.0208. The van der Waals surface area contributed by atoms with Crippen LogP contribution in [0.25, 0.3) is 21.6 Å². The van der Waals surface area contributed by atoms with Crippen molar-refractivity contribution in [1.82, 2.24) is 9.58 Å². The first-order valence-corrected chi connectivity index (χ1v) is 14.2. The Morgan fingerprint density at radius 1 is 1.07 bits per heavy atom. The minimum Gasteiger partial charge on any atom is -0.451 e. The van der Waals surface area contributed by atoms with Gasteiger partial charge in [0, 0.05) is 34.8 Å². The number of methoxy groups -OCH3 is 1. The molecule has 220 valence electrons. The average molecular weight is 608 g/mol. The number of hydrogen-bond acceptors (Lipinski definition) is 9. The molecule has 2 atom stereocenters. The summed E-state index contributed by atoms with van der Waals surface area (Å²) in [7, 11) is 1.12. The van der Waals surface area contributed by atoms with Crippen molar-refractivity contribution in [1.29, 1.82) is 0 Å². The second-order valence-corrected chi connectivity index (χ2v) is 10.9. The number of carbonyl (C=O) groups excluding carboxylic acids is 2. The van der Waals surface area contributed by atoms with Gasteiger partial charge in [-0.25, -0.2) is 13.6 Å². The second-order valence-electron chi connectivity index (χ2n) is 9.98. The number of aromatic nitrogens is 1. The maximum atomic E-state index is 15.8. The summed E-state index contributed by atoms with van der Waals surface area (Å²) in [6.45, 7) is -0.117. The van der Waals surface area contributed by atoms with Crippen molar-refractivity contribution in [2.45, 2.75) is 12.2 Å². The number of benzene rings is 2. The molecule has 1 amide bonds. The van der Waals surface area contributed by atoms with Gasteiger partial charge in [-0.05, 0) is 34.2 Å². The first-order chi connectivity index (χ1) is 20.9. The summed E-state index contributed by atoms with van der Waals surface area (Å²) in [5, 5.41) is 3.67.